The van der Waals surface area contributed by atoms with Gasteiger partial charge >= 0.3 is 0 Å². The van der Waals surface area contributed by atoms with Crippen LogP contribution in [0.2, 0.25) is 0 Å². The smallest absolute Gasteiger partial charge is 0.126 e. The summed E-state index contributed by atoms with van der Waals surface area (Å²) in [6.45, 7) is 0. The number of nitrogen functional groups attached to an aromatic ring is 1. The second kappa shape index (κ2) is 1.98. The Morgan fingerprint density at radius 3 is 3.17 bits per heavy atom. The highest BCUT2D eigenvalue weighted by atomic mass is 32.1. The molecule has 1 fully saturated rings. The van der Waals surface area contributed by atoms with E-state index in [1.165, 1.54) is 24.6 Å². The number of hydrogen-bond acceptors (Lipinski definition) is 4. The molecule has 0 bridgehead atoms. The van der Waals surface area contributed by atoms with Crippen LogP contribution >= 0.6 is 11.7 Å². The number of rotatable bonds is 1. The summed E-state index contributed by atoms with van der Waals surface area (Å²) in [5.74, 6) is 0.651. The number of nitrogens with two attached hydrogens (primary N) is 1. The van der Waals surface area contributed by atoms with E-state index in [1.807, 2.05) is 0 Å². The molecule has 5 heteroatoms. The lowest BCUT2D eigenvalue weighted by molar-refractivity contribution is 1.05. The van der Waals surface area contributed by atoms with Gasteiger partial charge in [-0.2, -0.15) is 13.4 Å². The van der Waals surface area contributed by atoms with E-state index in [0.717, 1.165) is 16.9 Å². The Hall–Kier alpha value is -1.10. The van der Waals surface area contributed by atoms with Crippen molar-refractivity contribution in [1.82, 2.24) is 13.4 Å². The predicted molar refractivity (Wildman–Crippen MR) is 47.3 cm³/mol. The van der Waals surface area contributed by atoms with Gasteiger partial charge in [0.2, 0.25) is 0 Å². The van der Waals surface area contributed by atoms with Crippen LogP contribution in [0.4, 0.5) is 5.69 Å². The lowest BCUT2D eigenvalue weighted by Gasteiger charge is -1.88. The molecule has 0 amide bonds. The average Bonchev–Trinajstić information content (AvgIpc) is 2.71. The van der Waals surface area contributed by atoms with E-state index in [-0.39, 0.29) is 0 Å². The summed E-state index contributed by atoms with van der Waals surface area (Å²) in [6.07, 6.45) is 4.20. The molecule has 1 saturated carbocycles. The largest absolute Gasteiger partial charge is 0.396 e. The van der Waals surface area contributed by atoms with Crippen molar-refractivity contribution in [3.63, 3.8) is 0 Å². The van der Waals surface area contributed by atoms with Crippen LogP contribution in [0.15, 0.2) is 6.20 Å². The van der Waals surface area contributed by atoms with Crippen LogP contribution in [0.1, 0.15) is 24.5 Å². The van der Waals surface area contributed by atoms with E-state index < -0.39 is 0 Å². The van der Waals surface area contributed by atoms with E-state index in [0.29, 0.717) is 5.92 Å². The minimum absolute atomic E-state index is 0.651. The Labute approximate surface area is 73.3 Å². The van der Waals surface area contributed by atoms with Crippen LogP contribution in [-0.4, -0.2) is 13.4 Å². The fourth-order valence-corrected chi connectivity index (χ4v) is 2.17. The molecule has 1 aliphatic rings. The van der Waals surface area contributed by atoms with E-state index in [4.69, 9.17) is 5.73 Å². The topological polar surface area (TPSA) is 56.2 Å². The van der Waals surface area contributed by atoms with Crippen molar-refractivity contribution in [1.29, 1.82) is 0 Å². The first kappa shape index (κ1) is 6.42. The van der Waals surface area contributed by atoms with Gasteiger partial charge < -0.3 is 5.73 Å². The van der Waals surface area contributed by atoms with E-state index >= 15 is 0 Å². The number of hydrogen-bond donors (Lipinski definition) is 1. The van der Waals surface area contributed by atoms with Gasteiger partial charge in [-0.3, -0.25) is 0 Å². The molecule has 0 unspecified atom stereocenters. The molecule has 3 rings (SSSR count). The number of nitrogens with zero attached hydrogens (tertiary/aromatic N) is 3. The molecular weight excluding hydrogens is 172 g/mol. The van der Waals surface area contributed by atoms with Crippen LogP contribution in [-0.2, 0) is 0 Å². The van der Waals surface area contributed by atoms with Gasteiger partial charge in [0.05, 0.1) is 29.3 Å². The molecule has 12 heavy (non-hydrogen) atoms. The minimum atomic E-state index is 0.651. The van der Waals surface area contributed by atoms with Crippen LogP contribution < -0.4 is 5.73 Å². The summed E-state index contributed by atoms with van der Waals surface area (Å²) in [4.78, 5) is 0. The SMILES string of the molecule is Nc1cnn2snc(C3CC3)c12. The summed E-state index contributed by atoms with van der Waals surface area (Å²) in [5, 5.41) is 4.10. The molecule has 2 heterocycles. The normalized spacial score (nSPS) is 17.3. The van der Waals surface area contributed by atoms with E-state index in [2.05, 4.69) is 9.47 Å². The first-order valence-electron chi connectivity index (χ1n) is 3.95. The van der Waals surface area contributed by atoms with Crippen LogP contribution in [0.5, 0.6) is 0 Å². The lowest BCUT2D eigenvalue weighted by Crippen LogP contribution is -1.85. The standard InChI is InChI=1S/C7H8N4S/c8-5-3-9-11-7(5)6(10-12-11)4-1-2-4/h3-4H,1-2,8H2. The fraction of sp³-hybridized carbons (Fsp3) is 0.429. The molecule has 2 N–H and O–H groups in total. The molecule has 62 valence electrons. The van der Waals surface area contributed by atoms with Crippen molar-refractivity contribution < 1.29 is 0 Å². The maximum Gasteiger partial charge on any atom is 0.126 e. The Morgan fingerprint density at radius 1 is 1.58 bits per heavy atom. The maximum absolute atomic E-state index is 5.77. The van der Waals surface area contributed by atoms with Gasteiger partial charge in [-0.25, -0.2) is 0 Å². The summed E-state index contributed by atoms with van der Waals surface area (Å²) >= 11 is 1.38. The molecule has 2 aromatic heterocycles. The third-order valence-corrected chi connectivity index (χ3v) is 2.90. The molecule has 0 radical (unpaired) electrons. The van der Waals surface area contributed by atoms with Crippen molar-refractivity contribution in [3.8, 4) is 0 Å². The number of anilines is 1. The van der Waals surface area contributed by atoms with Crippen molar-refractivity contribution in [2.75, 3.05) is 5.73 Å². The van der Waals surface area contributed by atoms with E-state index in [9.17, 15) is 0 Å². The zero-order valence-electron chi connectivity index (χ0n) is 6.40. The van der Waals surface area contributed by atoms with Gasteiger partial charge in [-0.05, 0) is 12.8 Å². The molecule has 1 aliphatic carbocycles. The van der Waals surface area contributed by atoms with Gasteiger partial charge in [0.15, 0.2) is 0 Å². The van der Waals surface area contributed by atoms with Crippen molar-refractivity contribution >= 4 is 22.9 Å². The average molecular weight is 180 g/mol. The van der Waals surface area contributed by atoms with Crippen LogP contribution in [0.3, 0.4) is 0 Å². The van der Waals surface area contributed by atoms with Gasteiger partial charge in [-0.15, -0.1) is 0 Å². The molecule has 0 saturated heterocycles. The molecule has 0 aliphatic heterocycles. The summed E-state index contributed by atoms with van der Waals surface area (Å²) in [5.41, 5.74) is 8.70. The number of fused-ring (bicyclic) bond motifs is 1. The zero-order valence-corrected chi connectivity index (χ0v) is 7.21. The maximum atomic E-state index is 5.77. The highest BCUT2D eigenvalue weighted by Crippen LogP contribution is 2.42. The number of aromatic nitrogens is 3. The second-order valence-electron chi connectivity index (χ2n) is 3.15. The monoisotopic (exact) mass is 180 g/mol. The molecule has 2 aromatic rings. The van der Waals surface area contributed by atoms with Gasteiger partial charge in [0.25, 0.3) is 0 Å². The summed E-state index contributed by atoms with van der Waals surface area (Å²) in [6, 6.07) is 0. The van der Waals surface area contributed by atoms with E-state index in [1.54, 1.807) is 10.1 Å². The quantitative estimate of drug-likeness (QED) is 0.718. The second-order valence-corrected chi connectivity index (χ2v) is 3.85. The highest BCUT2D eigenvalue weighted by molar-refractivity contribution is 7.00. The zero-order chi connectivity index (χ0) is 8.13. The van der Waals surface area contributed by atoms with Gasteiger partial charge in [0, 0.05) is 5.92 Å². The van der Waals surface area contributed by atoms with Gasteiger partial charge in [-0.1, -0.05) is 0 Å². The Bertz CT molecular complexity index is 425. The highest BCUT2D eigenvalue weighted by Gasteiger charge is 2.29. The Morgan fingerprint density at radius 2 is 2.42 bits per heavy atom. The minimum Gasteiger partial charge on any atom is -0.396 e. The van der Waals surface area contributed by atoms with Crippen LogP contribution in [0.25, 0.3) is 5.52 Å². The Kier molecular flexibility index (Phi) is 1.06. The molecule has 0 aromatic carbocycles. The van der Waals surface area contributed by atoms with Crippen LogP contribution in [0, 0.1) is 0 Å². The third-order valence-electron chi connectivity index (χ3n) is 2.19. The Balaban J connectivity index is 2.33. The summed E-state index contributed by atoms with van der Waals surface area (Å²) < 4.78 is 6.13. The van der Waals surface area contributed by atoms with Crippen molar-refractivity contribution in [2.24, 2.45) is 0 Å². The van der Waals surface area contributed by atoms with Crippen molar-refractivity contribution in [3.05, 3.63) is 11.9 Å². The first-order chi connectivity index (χ1) is 5.86. The predicted octanol–water partition coefficient (Wildman–Crippen LogP) is 1.25. The first-order valence-corrected chi connectivity index (χ1v) is 4.68. The summed E-state index contributed by atoms with van der Waals surface area (Å²) in [7, 11) is 0. The molecular formula is C7H8N4S. The fourth-order valence-electron chi connectivity index (χ4n) is 1.40. The van der Waals surface area contributed by atoms with Crippen molar-refractivity contribution in [2.45, 2.75) is 18.8 Å². The molecule has 0 spiro atoms. The lowest BCUT2D eigenvalue weighted by atomic mass is 10.2. The molecule has 0 atom stereocenters. The molecule has 4 nitrogen and oxygen atoms in total. The third kappa shape index (κ3) is 0.714. The van der Waals surface area contributed by atoms with Gasteiger partial charge in [0.1, 0.15) is 5.52 Å².